The summed E-state index contributed by atoms with van der Waals surface area (Å²) in [6, 6.07) is 27.4. The van der Waals surface area contributed by atoms with Gasteiger partial charge in [0.05, 0.1) is 0 Å². The molecule has 0 saturated heterocycles. The van der Waals surface area contributed by atoms with E-state index in [2.05, 4.69) is 17.4 Å². The molecule has 0 bridgehead atoms. The molecule has 142 valence electrons. The molecule has 28 heavy (non-hydrogen) atoms. The third-order valence-electron chi connectivity index (χ3n) is 4.48. The SMILES string of the molecule is CC(C)(Cc1ccccc1)NC(=O)/C(=C/c1ccccc1Cl)c1ccccc1. The summed E-state index contributed by atoms with van der Waals surface area (Å²) >= 11 is 6.32. The predicted octanol–water partition coefficient (Wildman–Crippen LogP) is 6.02. The first-order valence-corrected chi connectivity index (χ1v) is 9.70. The molecule has 0 unspecified atom stereocenters. The summed E-state index contributed by atoms with van der Waals surface area (Å²) in [7, 11) is 0. The van der Waals surface area contributed by atoms with Crippen LogP contribution in [0.15, 0.2) is 84.9 Å². The monoisotopic (exact) mass is 389 g/mol. The first kappa shape index (κ1) is 19.9. The highest BCUT2D eigenvalue weighted by Crippen LogP contribution is 2.24. The number of carbonyl (C=O) groups is 1. The molecule has 0 heterocycles. The van der Waals surface area contributed by atoms with Gasteiger partial charge in [-0.25, -0.2) is 0 Å². The summed E-state index contributed by atoms with van der Waals surface area (Å²) in [6.07, 6.45) is 2.60. The van der Waals surface area contributed by atoms with Crippen molar-refractivity contribution in [2.75, 3.05) is 0 Å². The van der Waals surface area contributed by atoms with Crippen molar-refractivity contribution >= 4 is 29.2 Å². The second-order valence-corrected chi connectivity index (χ2v) is 7.85. The van der Waals surface area contributed by atoms with E-state index in [9.17, 15) is 4.79 Å². The molecular formula is C25H24ClNO. The van der Waals surface area contributed by atoms with Crippen LogP contribution >= 0.6 is 11.6 Å². The lowest BCUT2D eigenvalue weighted by Crippen LogP contribution is -2.45. The van der Waals surface area contributed by atoms with Gasteiger partial charge in [0.25, 0.3) is 5.91 Å². The van der Waals surface area contributed by atoms with Gasteiger partial charge < -0.3 is 5.32 Å². The summed E-state index contributed by atoms with van der Waals surface area (Å²) in [5, 5.41) is 3.81. The molecule has 3 rings (SSSR count). The lowest BCUT2D eigenvalue weighted by atomic mass is 9.93. The molecule has 1 N–H and O–H groups in total. The van der Waals surface area contributed by atoms with Gasteiger partial charge in [-0.2, -0.15) is 0 Å². The molecule has 0 aliphatic rings. The maximum Gasteiger partial charge on any atom is 0.252 e. The van der Waals surface area contributed by atoms with E-state index in [0.29, 0.717) is 10.6 Å². The minimum Gasteiger partial charge on any atom is -0.347 e. The molecule has 0 aliphatic heterocycles. The predicted molar refractivity (Wildman–Crippen MR) is 118 cm³/mol. The minimum atomic E-state index is -0.396. The topological polar surface area (TPSA) is 29.1 Å². The number of hydrogen-bond donors (Lipinski definition) is 1. The van der Waals surface area contributed by atoms with Gasteiger partial charge in [-0.3, -0.25) is 4.79 Å². The van der Waals surface area contributed by atoms with E-state index in [1.807, 2.05) is 92.7 Å². The summed E-state index contributed by atoms with van der Waals surface area (Å²) in [5.74, 6) is -0.118. The number of hydrogen-bond acceptors (Lipinski definition) is 1. The third kappa shape index (κ3) is 5.34. The highest BCUT2D eigenvalue weighted by atomic mass is 35.5. The molecule has 3 aromatic rings. The first-order valence-electron chi connectivity index (χ1n) is 9.33. The zero-order valence-corrected chi connectivity index (χ0v) is 16.9. The highest BCUT2D eigenvalue weighted by Gasteiger charge is 2.23. The summed E-state index contributed by atoms with van der Waals surface area (Å²) in [5.41, 5.74) is 3.06. The van der Waals surface area contributed by atoms with Crippen molar-refractivity contribution in [1.82, 2.24) is 5.32 Å². The minimum absolute atomic E-state index is 0.118. The van der Waals surface area contributed by atoms with Crippen LogP contribution in [0, 0.1) is 0 Å². The Labute approximate surface area is 171 Å². The number of amides is 1. The number of carbonyl (C=O) groups excluding carboxylic acids is 1. The number of halogens is 1. The van der Waals surface area contributed by atoms with E-state index in [1.54, 1.807) is 0 Å². The summed E-state index contributed by atoms with van der Waals surface area (Å²) < 4.78 is 0. The second kappa shape index (κ2) is 8.90. The van der Waals surface area contributed by atoms with Crippen LogP contribution in [0.1, 0.15) is 30.5 Å². The van der Waals surface area contributed by atoms with Gasteiger partial charge in [0.15, 0.2) is 0 Å². The Bertz CT molecular complexity index is 962. The van der Waals surface area contributed by atoms with Crippen LogP contribution in [0.3, 0.4) is 0 Å². The van der Waals surface area contributed by atoms with E-state index in [4.69, 9.17) is 11.6 Å². The third-order valence-corrected chi connectivity index (χ3v) is 4.82. The Morgan fingerprint density at radius 2 is 1.46 bits per heavy atom. The van der Waals surface area contributed by atoms with Crippen molar-refractivity contribution < 1.29 is 4.79 Å². The fourth-order valence-corrected chi connectivity index (χ4v) is 3.36. The van der Waals surface area contributed by atoms with E-state index in [0.717, 1.165) is 17.5 Å². The highest BCUT2D eigenvalue weighted by molar-refractivity contribution is 6.33. The molecular weight excluding hydrogens is 366 g/mol. The van der Waals surface area contributed by atoms with Gasteiger partial charge in [0.2, 0.25) is 0 Å². The van der Waals surface area contributed by atoms with Crippen LogP contribution in [-0.2, 0) is 11.2 Å². The molecule has 0 atom stereocenters. The van der Waals surface area contributed by atoms with E-state index < -0.39 is 5.54 Å². The largest absolute Gasteiger partial charge is 0.347 e. The van der Waals surface area contributed by atoms with Crippen molar-refractivity contribution in [3.05, 3.63) is 107 Å². The van der Waals surface area contributed by atoms with Crippen LogP contribution in [0.2, 0.25) is 5.02 Å². The lowest BCUT2D eigenvalue weighted by Gasteiger charge is -2.27. The molecule has 0 spiro atoms. The lowest BCUT2D eigenvalue weighted by molar-refractivity contribution is -0.117. The Morgan fingerprint density at radius 3 is 2.11 bits per heavy atom. The van der Waals surface area contributed by atoms with E-state index >= 15 is 0 Å². The average molecular weight is 390 g/mol. The molecule has 3 heteroatoms. The van der Waals surface area contributed by atoms with Crippen molar-refractivity contribution in [2.24, 2.45) is 0 Å². The molecule has 2 nitrogen and oxygen atoms in total. The van der Waals surface area contributed by atoms with E-state index in [-0.39, 0.29) is 5.91 Å². The zero-order valence-electron chi connectivity index (χ0n) is 16.2. The van der Waals surface area contributed by atoms with Crippen molar-refractivity contribution in [3.63, 3.8) is 0 Å². The Kier molecular flexibility index (Phi) is 6.33. The van der Waals surface area contributed by atoms with Crippen LogP contribution in [0.25, 0.3) is 11.6 Å². The quantitative estimate of drug-likeness (QED) is 0.405. The standard InChI is InChI=1S/C25H24ClNO/c1-25(2,18-19-11-5-3-6-12-19)27-24(28)22(20-13-7-4-8-14-20)17-21-15-9-10-16-23(21)26/h3-17H,18H2,1-2H3,(H,27,28)/b22-17+. The molecule has 0 aromatic heterocycles. The molecule has 0 saturated carbocycles. The van der Waals surface area contributed by atoms with Crippen molar-refractivity contribution in [1.29, 1.82) is 0 Å². The Balaban J connectivity index is 1.90. The maximum atomic E-state index is 13.2. The number of rotatable bonds is 6. The van der Waals surface area contributed by atoms with Crippen molar-refractivity contribution in [3.8, 4) is 0 Å². The molecule has 0 fully saturated rings. The molecule has 0 aliphatic carbocycles. The average Bonchev–Trinajstić information content (AvgIpc) is 2.68. The van der Waals surface area contributed by atoms with Gasteiger partial charge in [-0.05, 0) is 49.1 Å². The van der Waals surface area contributed by atoms with Crippen LogP contribution < -0.4 is 5.32 Å². The maximum absolute atomic E-state index is 13.2. The van der Waals surface area contributed by atoms with Gasteiger partial charge in [0.1, 0.15) is 0 Å². The van der Waals surface area contributed by atoms with Crippen LogP contribution in [0.5, 0.6) is 0 Å². The van der Waals surface area contributed by atoms with E-state index in [1.165, 1.54) is 5.56 Å². The van der Waals surface area contributed by atoms with Gasteiger partial charge in [0, 0.05) is 16.1 Å². The normalized spacial score (nSPS) is 11.9. The van der Waals surface area contributed by atoms with Gasteiger partial charge in [-0.15, -0.1) is 0 Å². The molecule has 3 aromatic carbocycles. The Hall–Kier alpha value is -2.84. The fourth-order valence-electron chi connectivity index (χ4n) is 3.17. The van der Waals surface area contributed by atoms with Crippen molar-refractivity contribution in [2.45, 2.75) is 25.8 Å². The second-order valence-electron chi connectivity index (χ2n) is 7.45. The zero-order chi connectivity index (χ0) is 20.0. The number of benzene rings is 3. The van der Waals surface area contributed by atoms with Crippen LogP contribution in [0.4, 0.5) is 0 Å². The number of nitrogens with one attached hydrogen (secondary N) is 1. The summed E-state index contributed by atoms with van der Waals surface area (Å²) in [6.45, 7) is 4.08. The van der Waals surface area contributed by atoms with Gasteiger partial charge in [-0.1, -0.05) is 90.5 Å². The smallest absolute Gasteiger partial charge is 0.252 e. The first-order chi connectivity index (χ1) is 13.4. The fraction of sp³-hybridized carbons (Fsp3) is 0.160. The molecule has 0 radical (unpaired) electrons. The molecule has 1 amide bonds. The van der Waals surface area contributed by atoms with Crippen LogP contribution in [-0.4, -0.2) is 11.4 Å². The van der Waals surface area contributed by atoms with Gasteiger partial charge >= 0.3 is 0 Å². The summed E-state index contributed by atoms with van der Waals surface area (Å²) in [4.78, 5) is 13.2. The Morgan fingerprint density at radius 1 is 0.893 bits per heavy atom.